The highest BCUT2D eigenvalue weighted by atomic mass is 16.5. The molecule has 4 aliphatic rings. The first-order valence-electron chi connectivity index (χ1n) is 14.1. The van der Waals surface area contributed by atoms with Crippen LogP contribution in [0.1, 0.15) is 18.9 Å². The monoisotopic (exact) mass is 557 g/mol. The van der Waals surface area contributed by atoms with E-state index in [-0.39, 0.29) is 37.4 Å². The van der Waals surface area contributed by atoms with Crippen LogP contribution in [0.4, 0.5) is 5.69 Å². The van der Waals surface area contributed by atoms with E-state index < -0.39 is 29.1 Å². The van der Waals surface area contributed by atoms with Gasteiger partial charge in [-0.2, -0.15) is 0 Å². The molecular weight excluding hydrogens is 522 g/mol. The number of anilines is 1. The van der Waals surface area contributed by atoms with Gasteiger partial charge >= 0.3 is 0 Å². The lowest BCUT2D eigenvalue weighted by molar-refractivity contribution is -0.149. The predicted octanol–water partition coefficient (Wildman–Crippen LogP) is 2.55. The molecule has 0 aliphatic carbocycles. The van der Waals surface area contributed by atoms with Gasteiger partial charge < -0.3 is 29.3 Å². The summed E-state index contributed by atoms with van der Waals surface area (Å²) in [6.45, 7) is 2.98. The van der Waals surface area contributed by atoms with Crippen LogP contribution in [0.5, 0.6) is 5.75 Å². The summed E-state index contributed by atoms with van der Waals surface area (Å²) >= 11 is 0. The number of hydrogen-bond acceptors (Lipinski definition) is 6. The molecule has 1 unspecified atom stereocenters. The number of likely N-dealkylation sites (tertiary alicyclic amines) is 1. The smallest absolute Gasteiger partial charge is 0.253 e. The van der Waals surface area contributed by atoms with Crippen LogP contribution in [0, 0.1) is 11.8 Å². The molecular formula is C32H35N3O6. The lowest BCUT2D eigenvalue weighted by atomic mass is 9.74. The minimum absolute atomic E-state index is 0.130. The maximum atomic E-state index is 14.4. The van der Waals surface area contributed by atoms with Crippen molar-refractivity contribution in [1.29, 1.82) is 0 Å². The molecule has 6 rings (SSSR count). The maximum Gasteiger partial charge on any atom is 0.253 e. The lowest BCUT2D eigenvalue weighted by Crippen LogP contribution is -2.56. The van der Waals surface area contributed by atoms with Crippen LogP contribution in [0.25, 0.3) is 0 Å². The Hall–Kier alpha value is -3.95. The zero-order valence-electron chi connectivity index (χ0n) is 23.3. The second kappa shape index (κ2) is 10.5. The Kier molecular flexibility index (Phi) is 6.95. The Morgan fingerprint density at radius 3 is 2.37 bits per heavy atom. The van der Waals surface area contributed by atoms with Crippen molar-refractivity contribution in [2.45, 2.75) is 37.1 Å². The Labute approximate surface area is 239 Å². The molecule has 2 aromatic carbocycles. The molecule has 0 aromatic heterocycles. The number of amides is 3. The molecule has 1 N–H and O–H groups in total. The van der Waals surface area contributed by atoms with E-state index >= 15 is 0 Å². The number of aliphatic hydroxyl groups is 1. The molecule has 2 aromatic rings. The fourth-order valence-electron chi connectivity index (χ4n) is 6.99. The van der Waals surface area contributed by atoms with E-state index in [1.165, 1.54) is 4.90 Å². The SMILES string of the molecule is COc1ccc(N2CC=C[C@]34O[C@@]5(C)C=CCN(Cc6ccccc6)C(=O)[C@H]5[C@H]3C(=O)N(CCCO)C4C2=O)cc1. The summed E-state index contributed by atoms with van der Waals surface area (Å²) in [5.41, 5.74) is -0.755. The van der Waals surface area contributed by atoms with Crippen LogP contribution in [0.3, 0.4) is 0 Å². The van der Waals surface area contributed by atoms with Crippen molar-refractivity contribution in [2.24, 2.45) is 11.8 Å². The van der Waals surface area contributed by atoms with Gasteiger partial charge in [0.1, 0.15) is 17.4 Å². The van der Waals surface area contributed by atoms with E-state index in [4.69, 9.17) is 9.47 Å². The number of methoxy groups -OCH3 is 1. The molecule has 0 saturated carbocycles. The van der Waals surface area contributed by atoms with Crippen LogP contribution in [-0.4, -0.2) is 83.2 Å². The molecule has 41 heavy (non-hydrogen) atoms. The van der Waals surface area contributed by atoms with Crippen molar-refractivity contribution >= 4 is 23.4 Å². The standard InChI is InChI=1S/C32H35N3O6/c1-31-15-6-17-33(21-22-9-4-3-5-10-22)28(37)25(31)26-29(38)35(19-8-20-36)27-30(39)34(18-7-16-32(26,27)41-31)23-11-13-24(40-2)14-12-23/h3-7,9-16,25-27,36H,8,17-21H2,1-2H3/t25-,26+,27?,31+,32+/m1/s1. The molecule has 2 fully saturated rings. The van der Waals surface area contributed by atoms with Crippen LogP contribution >= 0.6 is 0 Å². The summed E-state index contributed by atoms with van der Waals surface area (Å²) in [6, 6.07) is 16.0. The van der Waals surface area contributed by atoms with Gasteiger partial charge in [-0.1, -0.05) is 54.6 Å². The third-order valence-electron chi connectivity index (χ3n) is 8.80. The molecule has 1 spiro atoms. The number of carbonyl (C=O) groups is 3. The van der Waals surface area contributed by atoms with Gasteiger partial charge in [-0.25, -0.2) is 0 Å². The van der Waals surface area contributed by atoms with Gasteiger partial charge in [-0.15, -0.1) is 0 Å². The first kappa shape index (κ1) is 27.2. The number of rotatable bonds is 7. The summed E-state index contributed by atoms with van der Waals surface area (Å²) < 4.78 is 12.1. The molecule has 5 atom stereocenters. The zero-order valence-corrected chi connectivity index (χ0v) is 23.3. The Bertz CT molecular complexity index is 1390. The van der Waals surface area contributed by atoms with Gasteiger partial charge in [0.25, 0.3) is 5.91 Å². The number of benzene rings is 2. The van der Waals surface area contributed by atoms with E-state index in [2.05, 4.69) is 0 Å². The predicted molar refractivity (Wildman–Crippen MR) is 152 cm³/mol. The van der Waals surface area contributed by atoms with E-state index in [9.17, 15) is 19.5 Å². The summed E-state index contributed by atoms with van der Waals surface area (Å²) in [5.74, 6) is -1.79. The van der Waals surface area contributed by atoms with Crippen LogP contribution in [0.15, 0.2) is 78.9 Å². The number of fused-ring (bicyclic) bond motifs is 2. The normalized spacial score (nSPS) is 30.7. The Morgan fingerprint density at radius 2 is 1.66 bits per heavy atom. The molecule has 4 heterocycles. The van der Waals surface area contributed by atoms with Crippen molar-refractivity contribution in [3.05, 3.63) is 84.5 Å². The van der Waals surface area contributed by atoms with Crippen molar-refractivity contribution in [3.63, 3.8) is 0 Å². The topological polar surface area (TPSA) is 99.6 Å². The average Bonchev–Trinajstić information content (AvgIpc) is 3.25. The average molecular weight is 558 g/mol. The van der Waals surface area contributed by atoms with Gasteiger partial charge in [-0.05, 0) is 43.2 Å². The molecule has 0 radical (unpaired) electrons. The third kappa shape index (κ3) is 4.35. The molecule has 4 aliphatic heterocycles. The second-order valence-electron chi connectivity index (χ2n) is 11.3. The van der Waals surface area contributed by atoms with Crippen molar-refractivity contribution in [1.82, 2.24) is 9.80 Å². The first-order valence-corrected chi connectivity index (χ1v) is 14.1. The third-order valence-corrected chi connectivity index (χ3v) is 8.80. The number of aliphatic hydroxyl groups excluding tert-OH is 1. The largest absolute Gasteiger partial charge is 0.497 e. The van der Waals surface area contributed by atoms with Crippen LogP contribution < -0.4 is 9.64 Å². The highest BCUT2D eigenvalue weighted by Gasteiger charge is 2.74. The van der Waals surface area contributed by atoms with Crippen LogP contribution in [0.2, 0.25) is 0 Å². The molecule has 3 amide bonds. The number of carbonyl (C=O) groups excluding carboxylic acids is 3. The van der Waals surface area contributed by atoms with E-state index in [0.29, 0.717) is 30.9 Å². The van der Waals surface area contributed by atoms with Gasteiger partial charge in [-0.3, -0.25) is 14.4 Å². The Balaban J connectivity index is 1.41. The first-order chi connectivity index (χ1) is 19.8. The fraction of sp³-hybridized carbons (Fsp3) is 0.406. The molecule has 9 heteroatoms. The number of hydrogen-bond donors (Lipinski definition) is 1. The highest BCUT2D eigenvalue weighted by molar-refractivity contribution is 6.06. The van der Waals surface area contributed by atoms with Gasteiger partial charge in [0.05, 0.1) is 24.5 Å². The number of ether oxygens (including phenoxy) is 2. The quantitative estimate of drug-likeness (QED) is 0.526. The summed E-state index contributed by atoms with van der Waals surface area (Å²) in [6.07, 6.45) is 7.82. The van der Waals surface area contributed by atoms with Crippen LogP contribution in [-0.2, 0) is 25.7 Å². The molecule has 2 saturated heterocycles. The van der Waals surface area contributed by atoms with E-state index in [1.54, 1.807) is 29.0 Å². The molecule has 0 bridgehead atoms. The fourth-order valence-corrected chi connectivity index (χ4v) is 6.99. The van der Waals surface area contributed by atoms with Crippen molar-refractivity contribution < 1.29 is 29.0 Å². The lowest BCUT2D eigenvalue weighted by Gasteiger charge is -2.37. The second-order valence-corrected chi connectivity index (χ2v) is 11.3. The minimum Gasteiger partial charge on any atom is -0.497 e. The molecule has 9 nitrogen and oxygen atoms in total. The van der Waals surface area contributed by atoms with Gasteiger partial charge in [0.2, 0.25) is 11.8 Å². The van der Waals surface area contributed by atoms with Gasteiger partial charge in [0, 0.05) is 38.5 Å². The molecule has 214 valence electrons. The van der Waals surface area contributed by atoms with Gasteiger partial charge in [0.15, 0.2) is 0 Å². The Morgan fingerprint density at radius 1 is 0.927 bits per heavy atom. The highest BCUT2D eigenvalue weighted by Crippen LogP contribution is 2.57. The minimum atomic E-state index is -1.33. The zero-order chi connectivity index (χ0) is 28.8. The summed E-state index contributed by atoms with van der Waals surface area (Å²) in [7, 11) is 1.58. The van der Waals surface area contributed by atoms with Crippen molar-refractivity contribution in [2.75, 3.05) is 38.3 Å². The summed E-state index contributed by atoms with van der Waals surface area (Å²) in [5, 5.41) is 9.63. The maximum absolute atomic E-state index is 14.4. The van der Waals surface area contributed by atoms with E-state index in [1.807, 2.05) is 73.7 Å². The van der Waals surface area contributed by atoms with Crippen molar-refractivity contribution in [3.8, 4) is 5.75 Å². The van der Waals surface area contributed by atoms with E-state index in [0.717, 1.165) is 5.56 Å². The summed E-state index contributed by atoms with van der Waals surface area (Å²) in [4.78, 5) is 47.9. The number of nitrogens with zero attached hydrogens (tertiary/aromatic N) is 3.